The lowest BCUT2D eigenvalue weighted by molar-refractivity contribution is -0.974. The zero-order valence-corrected chi connectivity index (χ0v) is 12.0. The minimum Gasteiger partial charge on any atom is -0.315 e. The van der Waals surface area contributed by atoms with E-state index in [0.717, 1.165) is 23.1 Å². The maximum Gasteiger partial charge on any atom is 0.278 e. The molecule has 1 aromatic carbocycles. The first kappa shape index (κ1) is 13.6. The molecule has 0 amide bonds. The third-order valence-corrected chi connectivity index (χ3v) is 5.41. The van der Waals surface area contributed by atoms with E-state index in [9.17, 15) is 10.1 Å². The van der Waals surface area contributed by atoms with E-state index in [2.05, 4.69) is 13.3 Å². The number of nitro benzene ring substituents is 1. The lowest BCUT2D eigenvalue weighted by atomic mass is 9.96. The largest absolute Gasteiger partial charge is 0.315 e. The monoisotopic (exact) mass is 274 g/mol. The molecule has 2 aliphatic heterocycles. The number of nitrogens with zero attached hydrogens (tertiary/aromatic N) is 2. The van der Waals surface area contributed by atoms with Gasteiger partial charge in [0.1, 0.15) is 6.54 Å². The second-order valence-electron chi connectivity index (χ2n) is 6.11. The predicted molar refractivity (Wildman–Crippen MR) is 77.9 cm³/mol. The van der Waals surface area contributed by atoms with Gasteiger partial charge in [-0.2, -0.15) is 0 Å². The maximum atomic E-state index is 11.2. The summed E-state index contributed by atoms with van der Waals surface area (Å²) in [5.74, 6) is 0. The number of piperidine rings is 1. The van der Waals surface area contributed by atoms with E-state index in [1.807, 2.05) is 12.1 Å². The van der Waals surface area contributed by atoms with Gasteiger partial charge in [-0.3, -0.25) is 10.1 Å². The molecular formula is C16H22N2O2+. The minimum absolute atomic E-state index is 0.237. The lowest BCUT2D eigenvalue weighted by Crippen LogP contribution is -2.58. The second kappa shape index (κ2) is 5.17. The topological polar surface area (TPSA) is 43.1 Å². The van der Waals surface area contributed by atoms with Crippen LogP contribution in [0.25, 0.3) is 0 Å². The number of rotatable bonds is 4. The van der Waals surface area contributed by atoms with Crippen LogP contribution in [-0.2, 0) is 6.54 Å². The summed E-state index contributed by atoms with van der Waals surface area (Å²) in [4.78, 5) is 11.0. The van der Waals surface area contributed by atoms with E-state index < -0.39 is 0 Å². The van der Waals surface area contributed by atoms with E-state index in [-0.39, 0.29) is 10.6 Å². The molecule has 20 heavy (non-hydrogen) atoms. The quantitative estimate of drug-likeness (QED) is 0.479. The first-order valence-corrected chi connectivity index (χ1v) is 7.58. The third kappa shape index (κ3) is 2.03. The Bertz CT molecular complexity index is 499. The van der Waals surface area contributed by atoms with Crippen molar-refractivity contribution >= 4 is 5.69 Å². The van der Waals surface area contributed by atoms with Gasteiger partial charge in [-0.05, 0) is 19.4 Å². The molecule has 4 nitrogen and oxygen atoms in total. The molecule has 1 aromatic rings. The first-order valence-electron chi connectivity index (χ1n) is 7.58. The lowest BCUT2D eigenvalue weighted by Gasteiger charge is -2.47. The van der Waals surface area contributed by atoms with Crippen molar-refractivity contribution in [2.45, 2.75) is 51.2 Å². The van der Waals surface area contributed by atoms with Gasteiger partial charge in [0.25, 0.3) is 5.69 Å². The van der Waals surface area contributed by atoms with Gasteiger partial charge < -0.3 is 4.48 Å². The summed E-state index contributed by atoms with van der Waals surface area (Å²) in [7, 11) is 0. The van der Waals surface area contributed by atoms with Crippen molar-refractivity contribution in [2.24, 2.45) is 0 Å². The van der Waals surface area contributed by atoms with Crippen molar-refractivity contribution in [3.8, 4) is 0 Å². The molecule has 2 atom stereocenters. The van der Waals surface area contributed by atoms with Gasteiger partial charge in [0.2, 0.25) is 0 Å². The number of quaternary nitrogens is 1. The summed E-state index contributed by atoms with van der Waals surface area (Å²) in [6, 6.07) is 8.59. The molecule has 107 valence electrons. The molecule has 2 saturated heterocycles. The maximum absolute atomic E-state index is 11.2. The Kier molecular flexibility index (Phi) is 3.50. The van der Waals surface area contributed by atoms with Crippen LogP contribution in [-0.4, -0.2) is 28.0 Å². The van der Waals surface area contributed by atoms with Crippen molar-refractivity contribution in [3.05, 3.63) is 46.4 Å². The molecule has 0 N–H and O–H groups in total. The molecule has 0 aromatic heterocycles. The van der Waals surface area contributed by atoms with E-state index >= 15 is 0 Å². The van der Waals surface area contributed by atoms with Gasteiger partial charge in [0, 0.05) is 31.7 Å². The average molecular weight is 274 g/mol. The summed E-state index contributed by atoms with van der Waals surface area (Å²) in [6.07, 6.45) is 7.31. The summed E-state index contributed by atoms with van der Waals surface area (Å²) in [6.45, 7) is 4.14. The molecule has 0 spiro atoms. The highest BCUT2D eigenvalue weighted by molar-refractivity contribution is 5.39. The fourth-order valence-corrected chi connectivity index (χ4v) is 4.36. The Morgan fingerprint density at radius 1 is 1.25 bits per heavy atom. The molecule has 0 aliphatic carbocycles. The van der Waals surface area contributed by atoms with Gasteiger partial charge in [-0.1, -0.05) is 12.1 Å². The second-order valence-corrected chi connectivity index (χ2v) is 6.11. The van der Waals surface area contributed by atoms with Crippen molar-refractivity contribution in [2.75, 3.05) is 6.54 Å². The number of para-hydroxylation sites is 1. The molecule has 2 fully saturated rings. The van der Waals surface area contributed by atoms with Crippen molar-refractivity contribution in [1.82, 2.24) is 0 Å². The van der Waals surface area contributed by atoms with Crippen LogP contribution < -0.4 is 0 Å². The van der Waals surface area contributed by atoms with Crippen LogP contribution in [0.2, 0.25) is 0 Å². The Balaban J connectivity index is 1.95. The van der Waals surface area contributed by atoms with E-state index in [1.165, 1.54) is 25.7 Å². The highest BCUT2D eigenvalue weighted by Gasteiger charge is 2.50. The summed E-state index contributed by atoms with van der Waals surface area (Å²) >= 11 is 0. The molecule has 1 radical (unpaired) electrons. The molecule has 2 heterocycles. The van der Waals surface area contributed by atoms with Crippen LogP contribution in [0.1, 0.15) is 38.2 Å². The zero-order valence-electron chi connectivity index (χ0n) is 12.0. The standard InChI is InChI=1S/C16H22N2O2/c1-2-18(14-7-5-8-15(18)11-10-14)12-13-6-3-4-9-16(13)17(19)20/h3-6,9,14-15H,2,7-8,10-12H2,1H3/q+1. The smallest absolute Gasteiger partial charge is 0.278 e. The Hall–Kier alpha value is -1.42. The van der Waals surface area contributed by atoms with Gasteiger partial charge in [-0.15, -0.1) is 0 Å². The Morgan fingerprint density at radius 3 is 2.50 bits per heavy atom. The van der Waals surface area contributed by atoms with Gasteiger partial charge >= 0.3 is 0 Å². The Labute approximate surface area is 120 Å². The van der Waals surface area contributed by atoms with Crippen molar-refractivity contribution in [3.63, 3.8) is 0 Å². The fraction of sp³-hybridized carbons (Fsp3) is 0.562. The van der Waals surface area contributed by atoms with Crippen LogP contribution in [0.4, 0.5) is 5.69 Å². The highest BCUT2D eigenvalue weighted by Crippen LogP contribution is 2.44. The average Bonchev–Trinajstić information content (AvgIpc) is 2.65. The van der Waals surface area contributed by atoms with E-state index in [1.54, 1.807) is 12.1 Å². The molecule has 2 bridgehead atoms. The summed E-state index contributed by atoms with van der Waals surface area (Å²) < 4.78 is 1.06. The molecular weight excluding hydrogens is 252 g/mol. The molecule has 2 unspecified atom stereocenters. The Morgan fingerprint density at radius 2 is 1.90 bits per heavy atom. The molecule has 3 rings (SSSR count). The van der Waals surface area contributed by atoms with Gasteiger partial charge in [0.15, 0.2) is 0 Å². The number of hydrogen-bond donors (Lipinski definition) is 0. The van der Waals surface area contributed by atoms with Crippen LogP contribution in [0.5, 0.6) is 0 Å². The van der Waals surface area contributed by atoms with E-state index in [4.69, 9.17) is 0 Å². The van der Waals surface area contributed by atoms with Crippen molar-refractivity contribution < 1.29 is 9.41 Å². The normalized spacial score (nSPS) is 32.2. The predicted octanol–water partition coefficient (Wildman–Crippen LogP) is 3.46. The van der Waals surface area contributed by atoms with Gasteiger partial charge in [-0.25, -0.2) is 0 Å². The SMILES string of the molecule is CC[N+]1(Cc2ccccc2[N+](=O)[O-])C2C[CH]CC1CC2. The molecule has 4 heteroatoms. The summed E-state index contributed by atoms with van der Waals surface area (Å²) in [5.41, 5.74) is 1.19. The number of fused-ring (bicyclic) bond motifs is 2. The summed E-state index contributed by atoms with van der Waals surface area (Å²) in [5, 5.41) is 11.2. The number of nitro groups is 1. The van der Waals surface area contributed by atoms with Crippen molar-refractivity contribution in [1.29, 1.82) is 0 Å². The highest BCUT2D eigenvalue weighted by atomic mass is 16.6. The van der Waals surface area contributed by atoms with Crippen LogP contribution in [0.15, 0.2) is 24.3 Å². The number of hydrogen-bond acceptors (Lipinski definition) is 2. The third-order valence-electron chi connectivity index (χ3n) is 5.41. The molecule has 2 aliphatic rings. The molecule has 0 saturated carbocycles. The zero-order chi connectivity index (χ0) is 14.2. The van der Waals surface area contributed by atoms with Crippen LogP contribution >= 0.6 is 0 Å². The minimum atomic E-state index is -0.237. The van der Waals surface area contributed by atoms with Crippen LogP contribution in [0.3, 0.4) is 0 Å². The van der Waals surface area contributed by atoms with Crippen LogP contribution in [0, 0.1) is 16.5 Å². The fourth-order valence-electron chi connectivity index (χ4n) is 4.36. The van der Waals surface area contributed by atoms with Gasteiger partial charge in [0.05, 0.1) is 29.1 Å². The first-order chi connectivity index (χ1) is 9.67. The van der Waals surface area contributed by atoms with E-state index in [0.29, 0.717) is 12.1 Å². The number of benzene rings is 1.